The van der Waals surface area contributed by atoms with Crippen LogP contribution < -0.4 is 4.74 Å². The maximum absolute atomic E-state index is 10.1. The van der Waals surface area contributed by atoms with Crippen LogP contribution in [-0.2, 0) is 19.9 Å². The van der Waals surface area contributed by atoms with Crippen LogP contribution in [0.3, 0.4) is 0 Å². The molecule has 102 valence electrons. The number of ether oxygens (including phenoxy) is 1. The summed E-state index contributed by atoms with van der Waals surface area (Å²) in [6, 6.07) is 9.81. The zero-order valence-corrected chi connectivity index (χ0v) is 11.4. The van der Waals surface area contributed by atoms with Crippen LogP contribution in [0.25, 0.3) is 0 Å². The van der Waals surface area contributed by atoms with Crippen molar-refractivity contribution in [1.82, 2.24) is 9.78 Å². The van der Waals surface area contributed by atoms with E-state index in [2.05, 4.69) is 5.10 Å². The third-order valence-corrected chi connectivity index (χ3v) is 3.26. The van der Waals surface area contributed by atoms with Crippen LogP contribution in [-0.4, -0.2) is 28.1 Å². The Kier molecular flexibility index (Phi) is 4.58. The predicted molar refractivity (Wildman–Crippen MR) is 74.2 cm³/mol. The number of aryl methyl sites for hydroxylation is 2. The zero-order chi connectivity index (χ0) is 13.7. The van der Waals surface area contributed by atoms with Gasteiger partial charge in [-0.15, -0.1) is 0 Å². The van der Waals surface area contributed by atoms with E-state index >= 15 is 0 Å². The summed E-state index contributed by atoms with van der Waals surface area (Å²) >= 11 is 0. The SMILES string of the molecule is COc1cccc(CC(O)CCc2ccnn2C)c1. The molecule has 1 aromatic heterocycles. The van der Waals surface area contributed by atoms with E-state index in [-0.39, 0.29) is 6.10 Å². The maximum Gasteiger partial charge on any atom is 0.119 e. The van der Waals surface area contributed by atoms with Crippen LogP contribution in [0.2, 0.25) is 0 Å². The molecule has 1 unspecified atom stereocenters. The Labute approximate surface area is 113 Å². The van der Waals surface area contributed by atoms with Gasteiger partial charge in [-0.05, 0) is 43.0 Å². The van der Waals surface area contributed by atoms with Gasteiger partial charge in [0.1, 0.15) is 5.75 Å². The van der Waals surface area contributed by atoms with Crippen LogP contribution in [0.15, 0.2) is 36.5 Å². The fraction of sp³-hybridized carbons (Fsp3) is 0.400. The number of methoxy groups -OCH3 is 1. The number of nitrogens with zero attached hydrogens (tertiary/aromatic N) is 2. The number of benzene rings is 1. The highest BCUT2D eigenvalue weighted by Crippen LogP contribution is 2.15. The molecule has 1 atom stereocenters. The number of aromatic nitrogens is 2. The fourth-order valence-electron chi connectivity index (χ4n) is 2.13. The minimum atomic E-state index is -0.345. The van der Waals surface area contributed by atoms with Crippen molar-refractivity contribution in [3.05, 3.63) is 47.8 Å². The molecule has 1 heterocycles. The van der Waals surface area contributed by atoms with E-state index in [9.17, 15) is 5.11 Å². The van der Waals surface area contributed by atoms with Crippen LogP contribution >= 0.6 is 0 Å². The molecule has 0 saturated carbocycles. The Hall–Kier alpha value is -1.81. The Morgan fingerprint density at radius 2 is 2.21 bits per heavy atom. The Balaban J connectivity index is 1.87. The van der Waals surface area contributed by atoms with Crippen LogP contribution in [0.1, 0.15) is 17.7 Å². The van der Waals surface area contributed by atoms with Crippen LogP contribution in [0.5, 0.6) is 5.75 Å². The van der Waals surface area contributed by atoms with E-state index in [0.717, 1.165) is 29.8 Å². The first kappa shape index (κ1) is 13.6. The number of aliphatic hydroxyl groups is 1. The smallest absolute Gasteiger partial charge is 0.119 e. The first-order valence-electron chi connectivity index (χ1n) is 6.47. The van der Waals surface area contributed by atoms with Gasteiger partial charge in [0.25, 0.3) is 0 Å². The number of hydrogen-bond donors (Lipinski definition) is 1. The molecule has 1 aromatic carbocycles. The van der Waals surface area contributed by atoms with Gasteiger partial charge in [-0.1, -0.05) is 12.1 Å². The normalized spacial score (nSPS) is 12.4. The topological polar surface area (TPSA) is 47.3 Å². The van der Waals surface area contributed by atoms with Gasteiger partial charge in [0.2, 0.25) is 0 Å². The highest BCUT2D eigenvalue weighted by molar-refractivity contribution is 5.28. The van der Waals surface area contributed by atoms with E-state index in [1.807, 2.05) is 42.1 Å². The molecule has 0 bridgehead atoms. The van der Waals surface area contributed by atoms with E-state index in [0.29, 0.717) is 6.42 Å². The number of aliphatic hydroxyl groups excluding tert-OH is 1. The van der Waals surface area contributed by atoms with E-state index in [1.54, 1.807) is 13.3 Å². The third-order valence-electron chi connectivity index (χ3n) is 3.26. The summed E-state index contributed by atoms with van der Waals surface area (Å²) in [5.74, 6) is 0.830. The lowest BCUT2D eigenvalue weighted by molar-refractivity contribution is 0.164. The second-order valence-corrected chi connectivity index (χ2v) is 4.69. The maximum atomic E-state index is 10.1. The second-order valence-electron chi connectivity index (χ2n) is 4.69. The lowest BCUT2D eigenvalue weighted by Gasteiger charge is -2.11. The molecule has 19 heavy (non-hydrogen) atoms. The van der Waals surface area contributed by atoms with Gasteiger partial charge in [-0.2, -0.15) is 5.10 Å². The van der Waals surface area contributed by atoms with Crippen molar-refractivity contribution in [2.45, 2.75) is 25.4 Å². The lowest BCUT2D eigenvalue weighted by atomic mass is 10.0. The first-order chi connectivity index (χ1) is 9.19. The number of hydrogen-bond acceptors (Lipinski definition) is 3. The summed E-state index contributed by atoms with van der Waals surface area (Å²) in [7, 11) is 3.57. The molecule has 0 spiro atoms. The summed E-state index contributed by atoms with van der Waals surface area (Å²) in [4.78, 5) is 0. The minimum absolute atomic E-state index is 0.345. The second kappa shape index (κ2) is 6.38. The van der Waals surface area contributed by atoms with Crippen molar-refractivity contribution < 1.29 is 9.84 Å². The summed E-state index contributed by atoms with van der Waals surface area (Å²) in [5, 5.41) is 14.2. The molecule has 4 heteroatoms. The lowest BCUT2D eigenvalue weighted by Crippen LogP contribution is -2.12. The van der Waals surface area contributed by atoms with Crippen molar-refractivity contribution in [1.29, 1.82) is 0 Å². The molecule has 2 rings (SSSR count). The molecule has 0 aliphatic carbocycles. The fourth-order valence-corrected chi connectivity index (χ4v) is 2.13. The monoisotopic (exact) mass is 260 g/mol. The van der Waals surface area contributed by atoms with Gasteiger partial charge in [0.15, 0.2) is 0 Å². The molecule has 0 aliphatic rings. The van der Waals surface area contributed by atoms with Crippen molar-refractivity contribution in [3.8, 4) is 5.75 Å². The molecule has 1 N–H and O–H groups in total. The van der Waals surface area contributed by atoms with Crippen molar-refractivity contribution in [2.75, 3.05) is 7.11 Å². The number of rotatable bonds is 6. The van der Waals surface area contributed by atoms with Gasteiger partial charge in [0.05, 0.1) is 13.2 Å². The summed E-state index contributed by atoms with van der Waals surface area (Å²) in [6.07, 6.45) is 3.65. The van der Waals surface area contributed by atoms with Crippen molar-refractivity contribution in [3.63, 3.8) is 0 Å². The molecule has 0 saturated heterocycles. The van der Waals surface area contributed by atoms with Crippen molar-refractivity contribution >= 4 is 0 Å². The Morgan fingerprint density at radius 3 is 2.89 bits per heavy atom. The van der Waals surface area contributed by atoms with Gasteiger partial charge >= 0.3 is 0 Å². The Morgan fingerprint density at radius 1 is 1.37 bits per heavy atom. The van der Waals surface area contributed by atoms with Gasteiger partial charge in [-0.25, -0.2) is 0 Å². The molecular formula is C15H20N2O2. The van der Waals surface area contributed by atoms with Gasteiger partial charge < -0.3 is 9.84 Å². The standard InChI is InChI=1S/C15H20N2O2/c1-17-13(8-9-16-17)6-7-14(18)10-12-4-3-5-15(11-12)19-2/h3-5,8-9,11,14,18H,6-7,10H2,1-2H3. The zero-order valence-electron chi connectivity index (χ0n) is 11.4. The molecule has 0 amide bonds. The quantitative estimate of drug-likeness (QED) is 0.863. The molecule has 0 fully saturated rings. The van der Waals surface area contributed by atoms with E-state index < -0.39 is 0 Å². The Bertz CT molecular complexity index is 522. The van der Waals surface area contributed by atoms with Crippen molar-refractivity contribution in [2.24, 2.45) is 7.05 Å². The average molecular weight is 260 g/mol. The summed E-state index contributed by atoms with van der Waals surface area (Å²) in [5.41, 5.74) is 2.24. The third kappa shape index (κ3) is 3.83. The van der Waals surface area contributed by atoms with E-state index in [1.165, 1.54) is 0 Å². The molecule has 0 radical (unpaired) electrons. The van der Waals surface area contributed by atoms with E-state index in [4.69, 9.17) is 4.74 Å². The van der Waals surface area contributed by atoms with Crippen LogP contribution in [0, 0.1) is 0 Å². The predicted octanol–water partition coefficient (Wildman–Crippen LogP) is 1.96. The van der Waals surface area contributed by atoms with Crippen LogP contribution in [0.4, 0.5) is 0 Å². The first-order valence-corrected chi connectivity index (χ1v) is 6.47. The average Bonchev–Trinajstić information content (AvgIpc) is 2.82. The highest BCUT2D eigenvalue weighted by Gasteiger charge is 2.08. The van der Waals surface area contributed by atoms with Gasteiger partial charge in [0, 0.05) is 18.9 Å². The van der Waals surface area contributed by atoms with Gasteiger partial charge in [-0.3, -0.25) is 4.68 Å². The molecular weight excluding hydrogens is 240 g/mol. The molecule has 2 aromatic rings. The largest absolute Gasteiger partial charge is 0.497 e. The highest BCUT2D eigenvalue weighted by atomic mass is 16.5. The summed E-state index contributed by atoms with van der Waals surface area (Å²) in [6.45, 7) is 0. The molecule has 0 aliphatic heterocycles. The summed E-state index contributed by atoms with van der Waals surface area (Å²) < 4.78 is 7.02. The minimum Gasteiger partial charge on any atom is -0.497 e. The molecule has 4 nitrogen and oxygen atoms in total.